The average Bonchev–Trinajstić information content (AvgIpc) is 1.83. The Bertz CT molecular complexity index is 45.8. The molecular weight excluding hydrogens is 136 g/mol. The Kier molecular flexibility index (Phi) is 6.34. The highest BCUT2D eigenvalue weighted by molar-refractivity contribution is 7.99. The second-order valence-corrected chi connectivity index (χ2v) is 4.09. The van der Waals surface area contributed by atoms with E-state index in [4.69, 9.17) is 0 Å². The van der Waals surface area contributed by atoms with Crippen LogP contribution in [0.4, 0.5) is 0 Å². The largest absolute Gasteiger partial charge is 0.165 e. The fourth-order valence-electron chi connectivity index (χ4n) is 0.402. The van der Waals surface area contributed by atoms with Crippen LogP contribution in [0.2, 0.25) is 0 Å². The van der Waals surface area contributed by atoms with Crippen LogP contribution >= 0.6 is 23.5 Å². The minimum Gasteiger partial charge on any atom is -0.165 e. The molecule has 0 nitrogen and oxygen atoms in total. The van der Waals surface area contributed by atoms with Crippen molar-refractivity contribution in [2.24, 2.45) is 0 Å². The Hall–Kier alpha value is 0.700. The minimum atomic E-state index is 0.849. The number of thioether (sulfide) groups is 2. The van der Waals surface area contributed by atoms with E-state index in [0.717, 1.165) is 5.25 Å². The van der Waals surface area contributed by atoms with Crippen LogP contribution in [0, 0.1) is 0 Å². The van der Waals surface area contributed by atoms with Crippen LogP contribution in [0.5, 0.6) is 0 Å². The van der Waals surface area contributed by atoms with Gasteiger partial charge in [0.1, 0.15) is 0 Å². The molecule has 0 fully saturated rings. The standard InChI is InChI=1S/C6H14S2/c1-6(8-3)4-5-7-2/h6H,4-5H2,1-3H3. The van der Waals surface area contributed by atoms with Crippen molar-refractivity contribution in [3.63, 3.8) is 0 Å². The molecule has 0 aromatic rings. The fourth-order valence-corrected chi connectivity index (χ4v) is 1.49. The lowest BCUT2D eigenvalue weighted by Crippen LogP contribution is -1.95. The molecule has 0 bridgehead atoms. The van der Waals surface area contributed by atoms with E-state index in [-0.39, 0.29) is 0 Å². The summed E-state index contributed by atoms with van der Waals surface area (Å²) in [6.45, 7) is 2.28. The minimum absolute atomic E-state index is 0.849. The molecule has 1 atom stereocenters. The Morgan fingerprint density at radius 2 is 2.00 bits per heavy atom. The van der Waals surface area contributed by atoms with Gasteiger partial charge in [-0.1, -0.05) is 6.92 Å². The fraction of sp³-hybridized carbons (Fsp3) is 1.00. The van der Waals surface area contributed by atoms with Gasteiger partial charge in [0.25, 0.3) is 0 Å². The third kappa shape index (κ3) is 4.85. The highest BCUT2D eigenvalue weighted by Gasteiger charge is 1.95. The molecule has 0 aromatic heterocycles. The van der Waals surface area contributed by atoms with Crippen molar-refractivity contribution in [3.8, 4) is 0 Å². The smallest absolute Gasteiger partial charge is 0.00237 e. The van der Waals surface area contributed by atoms with Crippen molar-refractivity contribution in [2.75, 3.05) is 18.3 Å². The van der Waals surface area contributed by atoms with E-state index in [9.17, 15) is 0 Å². The van der Waals surface area contributed by atoms with Crippen molar-refractivity contribution >= 4 is 23.5 Å². The van der Waals surface area contributed by atoms with Gasteiger partial charge in [0.05, 0.1) is 0 Å². The van der Waals surface area contributed by atoms with E-state index >= 15 is 0 Å². The Morgan fingerprint density at radius 3 is 2.38 bits per heavy atom. The van der Waals surface area contributed by atoms with Crippen molar-refractivity contribution in [1.29, 1.82) is 0 Å². The van der Waals surface area contributed by atoms with E-state index in [1.807, 2.05) is 23.5 Å². The summed E-state index contributed by atoms with van der Waals surface area (Å²) in [5.41, 5.74) is 0. The normalized spacial score (nSPS) is 13.9. The van der Waals surface area contributed by atoms with Crippen molar-refractivity contribution in [2.45, 2.75) is 18.6 Å². The highest BCUT2D eigenvalue weighted by Crippen LogP contribution is 2.11. The van der Waals surface area contributed by atoms with Crippen LogP contribution in [0.25, 0.3) is 0 Å². The molecule has 0 spiro atoms. The van der Waals surface area contributed by atoms with Crippen molar-refractivity contribution in [1.82, 2.24) is 0 Å². The van der Waals surface area contributed by atoms with Gasteiger partial charge < -0.3 is 0 Å². The molecule has 0 radical (unpaired) electrons. The van der Waals surface area contributed by atoms with Gasteiger partial charge in [0.15, 0.2) is 0 Å². The quantitative estimate of drug-likeness (QED) is 0.604. The van der Waals surface area contributed by atoms with Crippen LogP contribution < -0.4 is 0 Å². The van der Waals surface area contributed by atoms with Gasteiger partial charge in [-0.3, -0.25) is 0 Å². The summed E-state index contributed by atoms with van der Waals surface area (Å²) in [4.78, 5) is 0. The molecule has 0 aromatic carbocycles. The lowest BCUT2D eigenvalue weighted by atomic mass is 10.4. The van der Waals surface area contributed by atoms with E-state index in [0.29, 0.717) is 0 Å². The molecule has 0 aliphatic rings. The maximum atomic E-state index is 2.28. The molecule has 0 heterocycles. The molecule has 2 heteroatoms. The van der Waals surface area contributed by atoms with Gasteiger partial charge in [-0.25, -0.2) is 0 Å². The van der Waals surface area contributed by atoms with Gasteiger partial charge in [0, 0.05) is 5.25 Å². The van der Waals surface area contributed by atoms with E-state index < -0.39 is 0 Å². The Labute approximate surface area is 60.8 Å². The lowest BCUT2D eigenvalue weighted by molar-refractivity contribution is 0.921. The Balaban J connectivity index is 2.86. The van der Waals surface area contributed by atoms with Gasteiger partial charge >= 0.3 is 0 Å². The van der Waals surface area contributed by atoms with Crippen LogP contribution in [0.3, 0.4) is 0 Å². The van der Waals surface area contributed by atoms with Gasteiger partial charge in [-0.05, 0) is 24.7 Å². The lowest BCUT2D eigenvalue weighted by Gasteiger charge is -2.04. The summed E-state index contributed by atoms with van der Waals surface area (Å²) in [6, 6.07) is 0. The first-order valence-corrected chi connectivity index (χ1v) is 5.51. The van der Waals surface area contributed by atoms with Gasteiger partial charge in [-0.15, -0.1) is 0 Å². The van der Waals surface area contributed by atoms with Crippen LogP contribution in [-0.2, 0) is 0 Å². The topological polar surface area (TPSA) is 0 Å². The maximum absolute atomic E-state index is 2.28. The number of hydrogen-bond acceptors (Lipinski definition) is 2. The summed E-state index contributed by atoms with van der Waals surface area (Å²) in [5.74, 6) is 1.31. The highest BCUT2D eigenvalue weighted by atomic mass is 32.2. The molecule has 0 N–H and O–H groups in total. The SMILES string of the molecule is CSCCC(C)SC. The molecule has 8 heavy (non-hydrogen) atoms. The van der Waals surface area contributed by atoms with E-state index in [1.165, 1.54) is 12.2 Å². The molecular formula is C6H14S2. The molecule has 0 saturated carbocycles. The third-order valence-corrected chi connectivity index (χ3v) is 2.82. The molecule has 0 rings (SSSR count). The molecule has 1 unspecified atom stereocenters. The molecule has 0 aliphatic carbocycles. The summed E-state index contributed by atoms with van der Waals surface area (Å²) < 4.78 is 0. The summed E-state index contributed by atoms with van der Waals surface area (Å²) in [5, 5.41) is 0.849. The molecule has 0 saturated heterocycles. The summed E-state index contributed by atoms with van der Waals surface area (Å²) in [6.07, 6.45) is 5.68. The first kappa shape index (κ1) is 8.70. The van der Waals surface area contributed by atoms with Gasteiger partial charge in [0.2, 0.25) is 0 Å². The average molecular weight is 150 g/mol. The predicted molar refractivity (Wildman–Crippen MR) is 46.0 cm³/mol. The second kappa shape index (κ2) is 5.83. The maximum Gasteiger partial charge on any atom is 0.00237 e. The third-order valence-electron chi connectivity index (χ3n) is 1.13. The summed E-state index contributed by atoms with van der Waals surface area (Å²) >= 11 is 3.88. The van der Waals surface area contributed by atoms with Crippen LogP contribution in [0.15, 0.2) is 0 Å². The van der Waals surface area contributed by atoms with E-state index in [2.05, 4.69) is 19.4 Å². The molecule has 0 aliphatic heterocycles. The summed E-state index contributed by atoms with van der Waals surface area (Å²) in [7, 11) is 0. The predicted octanol–water partition coefficient (Wildman–Crippen LogP) is 2.49. The Morgan fingerprint density at radius 1 is 1.38 bits per heavy atom. The van der Waals surface area contributed by atoms with Gasteiger partial charge in [-0.2, -0.15) is 23.5 Å². The first-order chi connectivity index (χ1) is 3.81. The van der Waals surface area contributed by atoms with Crippen molar-refractivity contribution in [3.05, 3.63) is 0 Å². The molecule has 0 amide bonds. The number of rotatable bonds is 4. The van der Waals surface area contributed by atoms with Crippen molar-refractivity contribution < 1.29 is 0 Å². The first-order valence-electron chi connectivity index (χ1n) is 2.83. The monoisotopic (exact) mass is 150 g/mol. The zero-order valence-electron chi connectivity index (χ0n) is 5.81. The van der Waals surface area contributed by atoms with Crippen LogP contribution in [-0.4, -0.2) is 23.5 Å². The van der Waals surface area contributed by atoms with E-state index in [1.54, 1.807) is 0 Å². The second-order valence-electron chi connectivity index (χ2n) is 1.83. The zero-order valence-corrected chi connectivity index (χ0v) is 7.44. The van der Waals surface area contributed by atoms with Crippen LogP contribution in [0.1, 0.15) is 13.3 Å². The number of hydrogen-bond donors (Lipinski definition) is 0. The zero-order chi connectivity index (χ0) is 6.41. The molecule has 50 valence electrons.